The molecule has 1 aromatic carbocycles. The van der Waals surface area contributed by atoms with Gasteiger partial charge in [0.25, 0.3) is 5.91 Å². The van der Waals surface area contributed by atoms with E-state index in [-0.39, 0.29) is 17.2 Å². The summed E-state index contributed by atoms with van der Waals surface area (Å²) in [5.74, 6) is 2.92. The van der Waals surface area contributed by atoms with Gasteiger partial charge in [0.2, 0.25) is 5.91 Å². The lowest BCUT2D eigenvalue weighted by atomic mass is 9.86. The van der Waals surface area contributed by atoms with Crippen LogP contribution in [0.15, 0.2) is 24.3 Å². The first-order valence-electron chi connectivity index (χ1n) is 11.2. The average Bonchev–Trinajstić information content (AvgIpc) is 3.14. The van der Waals surface area contributed by atoms with Crippen LogP contribution in [-0.2, 0) is 4.79 Å². The Balaban J connectivity index is 1.20. The summed E-state index contributed by atoms with van der Waals surface area (Å²) in [7, 11) is 0. The van der Waals surface area contributed by atoms with Gasteiger partial charge < -0.3 is 9.80 Å². The van der Waals surface area contributed by atoms with Gasteiger partial charge in [0.1, 0.15) is 0 Å². The number of piperazine rings is 1. The van der Waals surface area contributed by atoms with Crippen molar-refractivity contribution in [3.05, 3.63) is 35.4 Å². The van der Waals surface area contributed by atoms with Gasteiger partial charge >= 0.3 is 0 Å². The molecule has 28 heavy (non-hydrogen) atoms. The second-order valence-corrected chi connectivity index (χ2v) is 9.81. The average molecular weight is 381 g/mol. The molecule has 2 amide bonds. The third-order valence-corrected chi connectivity index (χ3v) is 8.04. The molecule has 5 rings (SSSR count). The minimum Gasteiger partial charge on any atom is -0.339 e. The van der Waals surface area contributed by atoms with E-state index in [1.54, 1.807) is 0 Å². The molecule has 0 aromatic heterocycles. The Kier molecular flexibility index (Phi) is 4.48. The van der Waals surface area contributed by atoms with Crippen molar-refractivity contribution in [1.29, 1.82) is 0 Å². The maximum absolute atomic E-state index is 12.9. The number of hydrogen-bond donors (Lipinski definition) is 0. The molecule has 3 unspecified atom stereocenters. The molecule has 0 N–H and O–H groups in total. The Labute approximate surface area is 168 Å². The third kappa shape index (κ3) is 3.15. The minimum atomic E-state index is -0.111. The molecule has 4 heteroatoms. The number of hydrogen-bond acceptors (Lipinski definition) is 2. The molecule has 1 aliphatic heterocycles. The number of benzene rings is 1. The van der Waals surface area contributed by atoms with Crippen molar-refractivity contribution in [2.24, 2.45) is 17.3 Å². The fourth-order valence-electron chi connectivity index (χ4n) is 5.93. The Morgan fingerprint density at radius 3 is 2.25 bits per heavy atom. The van der Waals surface area contributed by atoms with Gasteiger partial charge in [-0.25, -0.2) is 0 Å². The van der Waals surface area contributed by atoms with Crippen molar-refractivity contribution >= 4 is 11.8 Å². The van der Waals surface area contributed by atoms with Crippen LogP contribution in [0.4, 0.5) is 0 Å². The zero-order valence-corrected chi connectivity index (χ0v) is 17.0. The second kappa shape index (κ2) is 6.89. The van der Waals surface area contributed by atoms with Crippen LogP contribution in [0, 0.1) is 17.3 Å². The summed E-state index contributed by atoms with van der Waals surface area (Å²) in [5.41, 5.74) is 2.11. The first-order valence-corrected chi connectivity index (χ1v) is 11.2. The van der Waals surface area contributed by atoms with E-state index in [9.17, 15) is 9.59 Å². The van der Waals surface area contributed by atoms with Gasteiger partial charge in [-0.15, -0.1) is 0 Å². The highest BCUT2D eigenvalue weighted by Crippen LogP contribution is 2.51. The van der Waals surface area contributed by atoms with E-state index in [1.165, 1.54) is 37.7 Å². The SMILES string of the molecule is CC1(C(=O)N2CCN(C(=O)c3ccc(C4CCC5CCCC54)cc3)CC2)CC1. The zero-order chi connectivity index (χ0) is 19.3. The Morgan fingerprint density at radius 2 is 1.57 bits per heavy atom. The highest BCUT2D eigenvalue weighted by atomic mass is 16.2. The molecule has 1 heterocycles. The van der Waals surface area contributed by atoms with Gasteiger partial charge in [-0.3, -0.25) is 9.59 Å². The Morgan fingerprint density at radius 1 is 0.893 bits per heavy atom. The van der Waals surface area contributed by atoms with Crippen molar-refractivity contribution < 1.29 is 9.59 Å². The van der Waals surface area contributed by atoms with E-state index in [0.29, 0.717) is 32.1 Å². The Hall–Kier alpha value is -1.84. The summed E-state index contributed by atoms with van der Waals surface area (Å²) in [6.45, 7) is 4.70. The van der Waals surface area contributed by atoms with Crippen molar-refractivity contribution in [2.75, 3.05) is 26.2 Å². The van der Waals surface area contributed by atoms with Crippen LogP contribution >= 0.6 is 0 Å². The minimum absolute atomic E-state index is 0.111. The molecular weight excluding hydrogens is 348 g/mol. The standard InChI is InChI=1S/C24H32N2O2/c1-24(11-12-24)23(28)26-15-13-25(14-16-26)22(27)19-7-5-18(6-8-19)21-10-9-17-3-2-4-20(17)21/h5-8,17,20-21H,2-4,9-16H2,1H3. The molecule has 4 aliphatic rings. The van der Waals surface area contributed by atoms with Crippen LogP contribution in [0.3, 0.4) is 0 Å². The number of carbonyl (C=O) groups is 2. The number of amides is 2. The summed E-state index contributed by atoms with van der Waals surface area (Å²) < 4.78 is 0. The van der Waals surface area contributed by atoms with Crippen LogP contribution < -0.4 is 0 Å². The lowest BCUT2D eigenvalue weighted by molar-refractivity contribution is -0.137. The first-order chi connectivity index (χ1) is 13.5. The van der Waals surface area contributed by atoms with Crippen LogP contribution in [0.25, 0.3) is 0 Å². The van der Waals surface area contributed by atoms with Gasteiger partial charge in [-0.2, -0.15) is 0 Å². The van der Waals surface area contributed by atoms with E-state index >= 15 is 0 Å². The summed E-state index contributed by atoms with van der Waals surface area (Å²) in [6.07, 6.45) is 8.94. The van der Waals surface area contributed by atoms with Gasteiger partial charge in [0.15, 0.2) is 0 Å². The topological polar surface area (TPSA) is 40.6 Å². The molecule has 3 aliphatic carbocycles. The normalized spacial score (nSPS) is 31.0. The maximum Gasteiger partial charge on any atom is 0.253 e. The first kappa shape index (κ1) is 18.2. The van der Waals surface area contributed by atoms with E-state index in [2.05, 4.69) is 19.1 Å². The van der Waals surface area contributed by atoms with E-state index in [1.807, 2.05) is 21.9 Å². The van der Waals surface area contributed by atoms with Gasteiger partial charge in [0.05, 0.1) is 0 Å². The molecule has 3 atom stereocenters. The van der Waals surface area contributed by atoms with Crippen molar-refractivity contribution in [3.63, 3.8) is 0 Å². The summed E-state index contributed by atoms with van der Waals surface area (Å²) in [5, 5.41) is 0. The lowest BCUT2D eigenvalue weighted by Crippen LogP contribution is -2.52. The summed E-state index contributed by atoms with van der Waals surface area (Å²) >= 11 is 0. The largest absolute Gasteiger partial charge is 0.339 e. The monoisotopic (exact) mass is 380 g/mol. The molecule has 1 saturated heterocycles. The fourth-order valence-corrected chi connectivity index (χ4v) is 5.93. The predicted octanol–water partition coefficient (Wildman–Crippen LogP) is 4.06. The number of fused-ring (bicyclic) bond motifs is 1. The van der Waals surface area contributed by atoms with Crippen LogP contribution in [0.5, 0.6) is 0 Å². The molecule has 0 bridgehead atoms. The summed E-state index contributed by atoms with van der Waals surface area (Å²) in [6, 6.07) is 8.46. The van der Waals surface area contributed by atoms with Crippen molar-refractivity contribution in [2.45, 2.75) is 57.8 Å². The highest BCUT2D eigenvalue weighted by Gasteiger charge is 2.47. The predicted molar refractivity (Wildman–Crippen MR) is 109 cm³/mol. The Bertz CT molecular complexity index is 759. The molecule has 150 valence electrons. The van der Waals surface area contributed by atoms with E-state index < -0.39 is 0 Å². The molecular formula is C24H32N2O2. The van der Waals surface area contributed by atoms with Gasteiger partial charge in [-0.1, -0.05) is 31.9 Å². The van der Waals surface area contributed by atoms with E-state index in [4.69, 9.17) is 0 Å². The van der Waals surface area contributed by atoms with Crippen molar-refractivity contribution in [3.8, 4) is 0 Å². The molecule has 0 spiro atoms. The number of rotatable bonds is 3. The smallest absolute Gasteiger partial charge is 0.253 e. The summed E-state index contributed by atoms with van der Waals surface area (Å²) in [4.78, 5) is 29.3. The second-order valence-electron chi connectivity index (χ2n) is 9.81. The van der Waals surface area contributed by atoms with E-state index in [0.717, 1.165) is 30.2 Å². The van der Waals surface area contributed by atoms with Crippen LogP contribution in [-0.4, -0.2) is 47.8 Å². The van der Waals surface area contributed by atoms with Crippen LogP contribution in [0.2, 0.25) is 0 Å². The lowest BCUT2D eigenvalue weighted by Gasteiger charge is -2.36. The number of nitrogens with zero attached hydrogens (tertiary/aromatic N) is 2. The maximum atomic E-state index is 12.9. The molecule has 4 fully saturated rings. The van der Waals surface area contributed by atoms with Gasteiger partial charge in [-0.05, 0) is 67.6 Å². The molecule has 1 aromatic rings. The zero-order valence-electron chi connectivity index (χ0n) is 17.0. The van der Waals surface area contributed by atoms with Gasteiger partial charge in [0, 0.05) is 37.2 Å². The quantitative estimate of drug-likeness (QED) is 0.793. The molecule has 3 saturated carbocycles. The molecule has 4 nitrogen and oxygen atoms in total. The third-order valence-electron chi connectivity index (χ3n) is 8.04. The van der Waals surface area contributed by atoms with Crippen molar-refractivity contribution in [1.82, 2.24) is 9.80 Å². The fraction of sp³-hybridized carbons (Fsp3) is 0.667. The van der Waals surface area contributed by atoms with Crippen LogP contribution in [0.1, 0.15) is 73.7 Å². The number of carbonyl (C=O) groups excluding carboxylic acids is 2. The molecule has 0 radical (unpaired) electrons. The highest BCUT2D eigenvalue weighted by molar-refractivity contribution is 5.94.